The summed E-state index contributed by atoms with van der Waals surface area (Å²) in [7, 11) is 0. The Bertz CT molecular complexity index is 214. The minimum Gasteiger partial charge on any atom is -0.230 e. The summed E-state index contributed by atoms with van der Waals surface area (Å²) < 4.78 is 0. The van der Waals surface area contributed by atoms with E-state index in [4.69, 9.17) is 9.78 Å². The molecule has 0 aliphatic heterocycles. The molecule has 0 aromatic rings. The highest BCUT2D eigenvalue weighted by Gasteiger charge is 2.24. The summed E-state index contributed by atoms with van der Waals surface area (Å²) in [6.07, 6.45) is 4.88. The zero-order valence-electron chi connectivity index (χ0n) is 13.8. The molecule has 0 saturated heterocycles. The highest BCUT2D eigenvalue weighted by molar-refractivity contribution is 4.69. The number of hydrogen-bond acceptors (Lipinski definition) is 2. The van der Waals surface area contributed by atoms with Crippen LogP contribution in [0, 0.1) is 11.8 Å². The highest BCUT2D eigenvalue weighted by Crippen LogP contribution is 2.25. The molecule has 110 valence electrons. The van der Waals surface area contributed by atoms with Crippen molar-refractivity contribution in [1.29, 1.82) is 0 Å². The maximum atomic E-state index is 5.57. The molecule has 0 aromatic heterocycles. The Hall–Kier alpha value is -0.0800. The van der Waals surface area contributed by atoms with Gasteiger partial charge in [-0.15, -0.1) is 0 Å². The van der Waals surface area contributed by atoms with Crippen molar-refractivity contribution >= 4 is 0 Å². The lowest BCUT2D eigenvalue weighted by Gasteiger charge is -2.29. The van der Waals surface area contributed by atoms with Gasteiger partial charge in [0.15, 0.2) is 0 Å². The van der Waals surface area contributed by atoms with Crippen LogP contribution in [0.25, 0.3) is 0 Å². The molecule has 2 heteroatoms. The Kier molecular flexibility index (Phi) is 7.46. The van der Waals surface area contributed by atoms with Crippen LogP contribution in [0.5, 0.6) is 0 Å². The van der Waals surface area contributed by atoms with Crippen LogP contribution in [-0.2, 0) is 9.78 Å². The summed E-state index contributed by atoms with van der Waals surface area (Å²) in [4.78, 5) is 11.0. The van der Waals surface area contributed by atoms with Crippen LogP contribution in [0.15, 0.2) is 0 Å². The third-order valence-corrected chi connectivity index (χ3v) is 2.99. The molecule has 0 spiro atoms. The van der Waals surface area contributed by atoms with Crippen LogP contribution in [0.4, 0.5) is 0 Å². The molecule has 0 heterocycles. The predicted molar refractivity (Wildman–Crippen MR) is 78.5 cm³/mol. The van der Waals surface area contributed by atoms with Crippen molar-refractivity contribution in [2.24, 2.45) is 11.8 Å². The number of rotatable bonds is 8. The van der Waals surface area contributed by atoms with Gasteiger partial charge in [0.25, 0.3) is 0 Å². The first-order valence-electron chi connectivity index (χ1n) is 7.39. The van der Waals surface area contributed by atoms with E-state index in [-0.39, 0.29) is 11.2 Å². The maximum Gasteiger partial charge on any atom is 0.0980 e. The lowest BCUT2D eigenvalue weighted by molar-refractivity contribution is -0.398. The van der Waals surface area contributed by atoms with Crippen molar-refractivity contribution in [3.63, 3.8) is 0 Å². The van der Waals surface area contributed by atoms with E-state index in [1.165, 1.54) is 19.3 Å². The molecule has 0 aliphatic rings. The minimum atomic E-state index is -0.236. The normalized spacial score (nSPS) is 15.2. The fourth-order valence-electron chi connectivity index (χ4n) is 1.64. The lowest BCUT2D eigenvalue weighted by atomic mass is 9.91. The average molecular weight is 258 g/mol. The molecule has 0 N–H and O–H groups in total. The quantitative estimate of drug-likeness (QED) is 0.431. The van der Waals surface area contributed by atoms with Gasteiger partial charge in [-0.25, -0.2) is 9.78 Å². The van der Waals surface area contributed by atoms with Crippen molar-refractivity contribution in [2.45, 2.75) is 92.3 Å². The van der Waals surface area contributed by atoms with Gasteiger partial charge >= 0.3 is 0 Å². The predicted octanol–water partition coefficient (Wildman–Crippen LogP) is 5.36. The van der Waals surface area contributed by atoms with E-state index in [9.17, 15) is 0 Å². The lowest BCUT2D eigenvalue weighted by Crippen LogP contribution is -2.31. The van der Waals surface area contributed by atoms with Gasteiger partial charge in [-0.2, -0.15) is 0 Å². The molecule has 0 amide bonds. The Labute approximate surface area is 114 Å². The van der Waals surface area contributed by atoms with Gasteiger partial charge in [-0.1, -0.05) is 33.6 Å². The summed E-state index contributed by atoms with van der Waals surface area (Å²) in [6, 6.07) is 0. The van der Waals surface area contributed by atoms with E-state index in [2.05, 4.69) is 34.6 Å². The fraction of sp³-hybridized carbons (Fsp3) is 1.00. The van der Waals surface area contributed by atoms with Crippen LogP contribution < -0.4 is 0 Å². The first-order chi connectivity index (χ1) is 8.02. The summed E-state index contributed by atoms with van der Waals surface area (Å²) in [6.45, 7) is 17.1. The van der Waals surface area contributed by atoms with Gasteiger partial charge in [0, 0.05) is 0 Å². The molecular formula is C16H34O2. The largest absolute Gasteiger partial charge is 0.230 e. The number of hydrogen-bond donors (Lipinski definition) is 0. The van der Waals surface area contributed by atoms with Crippen molar-refractivity contribution in [1.82, 2.24) is 0 Å². The van der Waals surface area contributed by atoms with Crippen LogP contribution >= 0.6 is 0 Å². The Morgan fingerprint density at radius 3 is 1.78 bits per heavy atom. The molecule has 0 aliphatic carbocycles. The van der Waals surface area contributed by atoms with Gasteiger partial charge in [0.1, 0.15) is 0 Å². The second kappa shape index (κ2) is 7.49. The molecular weight excluding hydrogens is 224 g/mol. The molecule has 1 unspecified atom stereocenters. The SMILES string of the molecule is CC(C)CCC(C)CCC(C)(C)OOC(C)(C)C. The summed E-state index contributed by atoms with van der Waals surface area (Å²) in [5.74, 6) is 1.57. The third kappa shape index (κ3) is 11.0. The van der Waals surface area contributed by atoms with Crippen molar-refractivity contribution in [3.8, 4) is 0 Å². The van der Waals surface area contributed by atoms with E-state index in [1.807, 2.05) is 20.8 Å². The Morgan fingerprint density at radius 2 is 1.33 bits per heavy atom. The second-order valence-corrected chi connectivity index (χ2v) is 7.65. The monoisotopic (exact) mass is 258 g/mol. The van der Waals surface area contributed by atoms with Crippen molar-refractivity contribution in [2.75, 3.05) is 0 Å². The first kappa shape index (κ1) is 17.9. The molecule has 2 nitrogen and oxygen atoms in total. The molecule has 0 bridgehead atoms. The average Bonchev–Trinajstić information content (AvgIpc) is 2.20. The van der Waals surface area contributed by atoms with E-state index in [0.717, 1.165) is 18.3 Å². The van der Waals surface area contributed by atoms with Crippen LogP contribution in [0.2, 0.25) is 0 Å². The van der Waals surface area contributed by atoms with E-state index in [0.29, 0.717) is 0 Å². The molecule has 0 rings (SSSR count). The minimum absolute atomic E-state index is 0.195. The van der Waals surface area contributed by atoms with Gasteiger partial charge < -0.3 is 0 Å². The highest BCUT2D eigenvalue weighted by atomic mass is 17.2. The van der Waals surface area contributed by atoms with Crippen LogP contribution in [0.3, 0.4) is 0 Å². The third-order valence-electron chi connectivity index (χ3n) is 2.99. The van der Waals surface area contributed by atoms with E-state index >= 15 is 0 Å². The zero-order valence-corrected chi connectivity index (χ0v) is 13.8. The standard InChI is InChI=1S/C16H34O2/c1-13(2)9-10-14(3)11-12-16(7,8)18-17-15(4,5)6/h13-14H,9-12H2,1-8H3. The van der Waals surface area contributed by atoms with Gasteiger partial charge in [-0.05, 0) is 59.3 Å². The van der Waals surface area contributed by atoms with Crippen LogP contribution in [0.1, 0.15) is 81.1 Å². The van der Waals surface area contributed by atoms with Gasteiger partial charge in [-0.3, -0.25) is 0 Å². The Balaban J connectivity index is 3.88. The molecule has 1 atom stereocenters. The molecule has 18 heavy (non-hydrogen) atoms. The molecule has 0 saturated carbocycles. The maximum absolute atomic E-state index is 5.57. The van der Waals surface area contributed by atoms with Gasteiger partial charge in [0.05, 0.1) is 11.2 Å². The topological polar surface area (TPSA) is 18.5 Å². The summed E-state index contributed by atoms with van der Waals surface area (Å²) in [5, 5.41) is 0. The molecule has 0 fully saturated rings. The summed E-state index contributed by atoms with van der Waals surface area (Å²) in [5.41, 5.74) is -0.431. The van der Waals surface area contributed by atoms with Crippen molar-refractivity contribution < 1.29 is 9.78 Å². The summed E-state index contributed by atoms with van der Waals surface area (Å²) >= 11 is 0. The smallest absolute Gasteiger partial charge is 0.0980 e. The van der Waals surface area contributed by atoms with E-state index < -0.39 is 0 Å². The first-order valence-corrected chi connectivity index (χ1v) is 7.39. The van der Waals surface area contributed by atoms with Gasteiger partial charge in [0.2, 0.25) is 0 Å². The molecule has 0 aromatic carbocycles. The Morgan fingerprint density at radius 1 is 0.778 bits per heavy atom. The van der Waals surface area contributed by atoms with Crippen molar-refractivity contribution in [3.05, 3.63) is 0 Å². The van der Waals surface area contributed by atoms with E-state index in [1.54, 1.807) is 0 Å². The zero-order chi connectivity index (χ0) is 14.4. The van der Waals surface area contributed by atoms with Crippen LogP contribution in [-0.4, -0.2) is 11.2 Å². The molecule has 0 radical (unpaired) electrons. The second-order valence-electron chi connectivity index (χ2n) is 7.65. The fourth-order valence-corrected chi connectivity index (χ4v) is 1.64.